The molecular formula is C17H12Cl3NO2. The molecule has 23 heavy (non-hydrogen) atoms. The zero-order chi connectivity index (χ0) is 16.6. The van der Waals surface area contributed by atoms with Crippen LogP contribution in [0.5, 0.6) is 0 Å². The van der Waals surface area contributed by atoms with Crippen molar-refractivity contribution in [2.75, 3.05) is 5.32 Å². The summed E-state index contributed by atoms with van der Waals surface area (Å²) in [6.45, 7) is 1.90. The monoisotopic (exact) mass is 367 g/mol. The third-order valence-electron chi connectivity index (χ3n) is 3.51. The molecule has 3 aromatic rings. The molecule has 0 saturated heterocycles. The second kappa shape index (κ2) is 6.44. The van der Waals surface area contributed by atoms with Crippen molar-refractivity contribution in [1.29, 1.82) is 0 Å². The molecule has 0 unspecified atom stereocenters. The highest BCUT2D eigenvalue weighted by Gasteiger charge is 2.14. The Kier molecular flexibility index (Phi) is 4.53. The van der Waals surface area contributed by atoms with E-state index in [0.29, 0.717) is 26.3 Å². The first-order chi connectivity index (χ1) is 11.0. The van der Waals surface area contributed by atoms with Crippen LogP contribution in [0.3, 0.4) is 0 Å². The Labute approximate surface area is 148 Å². The fourth-order valence-corrected chi connectivity index (χ4v) is 2.82. The molecule has 6 heteroatoms. The van der Waals surface area contributed by atoms with E-state index in [1.165, 1.54) is 0 Å². The molecule has 3 nitrogen and oxygen atoms in total. The third kappa shape index (κ3) is 3.32. The fourth-order valence-electron chi connectivity index (χ4n) is 2.31. The van der Waals surface area contributed by atoms with Crippen LogP contribution in [0, 0.1) is 6.92 Å². The second-order valence-corrected chi connectivity index (χ2v) is 6.38. The van der Waals surface area contributed by atoms with E-state index in [0.717, 1.165) is 16.5 Å². The SMILES string of the molecule is Cc1cc2occ(CC(=O)Nc3cccc(Cl)c3Cl)c2cc1Cl. The van der Waals surface area contributed by atoms with Crippen LogP contribution >= 0.6 is 34.8 Å². The van der Waals surface area contributed by atoms with Crippen molar-refractivity contribution in [3.8, 4) is 0 Å². The molecule has 0 atom stereocenters. The average Bonchev–Trinajstić information content (AvgIpc) is 2.86. The number of hydrogen-bond acceptors (Lipinski definition) is 2. The predicted octanol–water partition coefficient (Wildman–Crippen LogP) is 5.88. The van der Waals surface area contributed by atoms with Crippen LogP contribution in [0.4, 0.5) is 5.69 Å². The Morgan fingerprint density at radius 3 is 2.74 bits per heavy atom. The van der Waals surface area contributed by atoms with Gasteiger partial charge >= 0.3 is 0 Å². The van der Waals surface area contributed by atoms with Crippen LogP contribution in [0.25, 0.3) is 11.0 Å². The van der Waals surface area contributed by atoms with Gasteiger partial charge in [-0.15, -0.1) is 0 Å². The Morgan fingerprint density at radius 1 is 1.17 bits per heavy atom. The molecule has 1 N–H and O–H groups in total. The normalized spacial score (nSPS) is 11.0. The standard InChI is InChI=1S/C17H12Cl3NO2/c1-9-5-15-11(7-13(9)19)10(8-23-15)6-16(22)21-14-4-2-3-12(18)17(14)20/h2-5,7-8H,6H2,1H3,(H,21,22). The minimum atomic E-state index is -0.214. The van der Waals surface area contributed by atoms with Crippen molar-refractivity contribution in [2.45, 2.75) is 13.3 Å². The summed E-state index contributed by atoms with van der Waals surface area (Å²) in [6, 6.07) is 8.74. The van der Waals surface area contributed by atoms with Crippen molar-refractivity contribution in [3.63, 3.8) is 0 Å². The fraction of sp³-hybridized carbons (Fsp3) is 0.118. The number of carbonyl (C=O) groups excluding carboxylic acids is 1. The summed E-state index contributed by atoms with van der Waals surface area (Å²) in [5.41, 5.74) is 2.87. The highest BCUT2D eigenvalue weighted by Crippen LogP contribution is 2.31. The van der Waals surface area contributed by atoms with E-state index >= 15 is 0 Å². The van der Waals surface area contributed by atoms with Crippen molar-refractivity contribution >= 4 is 57.4 Å². The summed E-state index contributed by atoms with van der Waals surface area (Å²) in [6.07, 6.45) is 1.72. The second-order valence-electron chi connectivity index (χ2n) is 5.18. The highest BCUT2D eigenvalue weighted by atomic mass is 35.5. The van der Waals surface area contributed by atoms with Crippen LogP contribution in [-0.4, -0.2) is 5.91 Å². The maximum Gasteiger partial charge on any atom is 0.228 e. The third-order valence-corrected chi connectivity index (χ3v) is 4.74. The molecule has 2 aromatic carbocycles. The summed E-state index contributed by atoms with van der Waals surface area (Å²) in [4.78, 5) is 12.3. The highest BCUT2D eigenvalue weighted by molar-refractivity contribution is 6.44. The number of aryl methyl sites for hydroxylation is 1. The Bertz CT molecular complexity index is 902. The Balaban J connectivity index is 1.83. The van der Waals surface area contributed by atoms with Crippen LogP contribution in [-0.2, 0) is 11.2 Å². The van der Waals surface area contributed by atoms with E-state index in [1.807, 2.05) is 19.1 Å². The van der Waals surface area contributed by atoms with Crippen molar-refractivity contribution < 1.29 is 9.21 Å². The van der Waals surface area contributed by atoms with Gasteiger partial charge in [0.2, 0.25) is 5.91 Å². The number of fused-ring (bicyclic) bond motifs is 1. The van der Waals surface area contributed by atoms with Crippen molar-refractivity contribution in [2.24, 2.45) is 0 Å². The molecule has 0 saturated carbocycles. The van der Waals surface area contributed by atoms with Gasteiger partial charge in [0.05, 0.1) is 28.4 Å². The van der Waals surface area contributed by atoms with Crippen LogP contribution < -0.4 is 5.32 Å². The van der Waals surface area contributed by atoms with E-state index in [2.05, 4.69) is 5.32 Å². The summed E-state index contributed by atoms with van der Waals surface area (Å²) >= 11 is 18.2. The van der Waals surface area contributed by atoms with Crippen LogP contribution in [0.1, 0.15) is 11.1 Å². The summed E-state index contributed by atoms with van der Waals surface area (Å²) < 4.78 is 5.49. The van der Waals surface area contributed by atoms with E-state index < -0.39 is 0 Å². The first kappa shape index (κ1) is 16.2. The molecule has 0 spiro atoms. The van der Waals surface area contributed by atoms with Crippen molar-refractivity contribution in [1.82, 2.24) is 0 Å². The molecule has 0 aliphatic heterocycles. The molecule has 118 valence electrons. The Morgan fingerprint density at radius 2 is 1.96 bits per heavy atom. The van der Waals surface area contributed by atoms with Gasteiger partial charge in [-0.05, 0) is 36.8 Å². The minimum absolute atomic E-state index is 0.148. The molecule has 1 aromatic heterocycles. The molecule has 1 amide bonds. The van der Waals surface area contributed by atoms with Gasteiger partial charge in [-0.3, -0.25) is 4.79 Å². The lowest BCUT2D eigenvalue weighted by molar-refractivity contribution is -0.115. The first-order valence-electron chi connectivity index (χ1n) is 6.86. The lowest BCUT2D eigenvalue weighted by atomic mass is 10.1. The van der Waals surface area contributed by atoms with Gasteiger partial charge in [-0.25, -0.2) is 0 Å². The molecular weight excluding hydrogens is 357 g/mol. The van der Waals surface area contributed by atoms with Crippen molar-refractivity contribution in [3.05, 3.63) is 62.8 Å². The topological polar surface area (TPSA) is 42.2 Å². The quantitative estimate of drug-likeness (QED) is 0.627. The number of furan rings is 1. The van der Waals surface area contributed by atoms with Gasteiger partial charge in [-0.1, -0.05) is 40.9 Å². The molecule has 0 bridgehead atoms. The maximum atomic E-state index is 12.3. The zero-order valence-corrected chi connectivity index (χ0v) is 14.4. The molecule has 3 rings (SSSR count). The zero-order valence-electron chi connectivity index (χ0n) is 12.1. The largest absolute Gasteiger partial charge is 0.464 e. The molecule has 0 radical (unpaired) electrons. The van der Waals surface area contributed by atoms with Crippen LogP contribution in [0.15, 0.2) is 41.0 Å². The molecule has 0 aliphatic rings. The van der Waals surface area contributed by atoms with Gasteiger partial charge in [0, 0.05) is 16.0 Å². The van der Waals surface area contributed by atoms with E-state index in [-0.39, 0.29) is 12.3 Å². The lowest BCUT2D eigenvalue weighted by Crippen LogP contribution is -2.14. The van der Waals surface area contributed by atoms with Gasteiger partial charge in [0.1, 0.15) is 5.58 Å². The minimum Gasteiger partial charge on any atom is -0.464 e. The molecule has 0 fully saturated rings. The first-order valence-corrected chi connectivity index (χ1v) is 7.99. The van der Waals surface area contributed by atoms with Gasteiger partial charge < -0.3 is 9.73 Å². The number of carbonyl (C=O) groups is 1. The summed E-state index contributed by atoms with van der Waals surface area (Å²) in [5.74, 6) is -0.214. The number of nitrogens with one attached hydrogen (secondary N) is 1. The van der Waals surface area contributed by atoms with Gasteiger partial charge in [-0.2, -0.15) is 0 Å². The van der Waals surface area contributed by atoms with Gasteiger partial charge in [0.15, 0.2) is 0 Å². The van der Waals surface area contributed by atoms with E-state index in [1.54, 1.807) is 24.5 Å². The van der Waals surface area contributed by atoms with Gasteiger partial charge in [0.25, 0.3) is 0 Å². The smallest absolute Gasteiger partial charge is 0.228 e. The lowest BCUT2D eigenvalue weighted by Gasteiger charge is -2.07. The number of rotatable bonds is 3. The number of amides is 1. The molecule has 1 heterocycles. The van der Waals surface area contributed by atoms with E-state index in [4.69, 9.17) is 39.2 Å². The van der Waals surface area contributed by atoms with Crippen LogP contribution in [0.2, 0.25) is 15.1 Å². The predicted molar refractivity (Wildman–Crippen MR) is 94.8 cm³/mol. The molecule has 0 aliphatic carbocycles. The number of anilines is 1. The number of benzene rings is 2. The van der Waals surface area contributed by atoms with E-state index in [9.17, 15) is 4.79 Å². The summed E-state index contributed by atoms with van der Waals surface area (Å²) in [5, 5.41) is 4.92. The summed E-state index contributed by atoms with van der Waals surface area (Å²) in [7, 11) is 0. The average molecular weight is 369 g/mol. The maximum absolute atomic E-state index is 12.3. The Hall–Kier alpha value is -1.68. The number of hydrogen-bond donors (Lipinski definition) is 1. The number of halogens is 3.